The van der Waals surface area contributed by atoms with Crippen LogP contribution in [0.1, 0.15) is 32.1 Å². The summed E-state index contributed by atoms with van der Waals surface area (Å²) in [5, 5.41) is 0. The average molecular weight is 247 g/mol. The molecule has 0 aromatic rings. The molecule has 3 rings (SSSR count). The molecule has 18 heavy (non-hydrogen) atoms. The predicted molar refractivity (Wildman–Crippen MR) is 75.2 cm³/mol. The van der Waals surface area contributed by atoms with Crippen molar-refractivity contribution in [2.75, 3.05) is 26.2 Å². The molecule has 1 aliphatic carbocycles. The molecule has 0 aromatic carbocycles. The van der Waals surface area contributed by atoms with Crippen LogP contribution in [0.5, 0.6) is 0 Å². The maximum absolute atomic E-state index is 5.78. The standard InChI is InChI=1S/C15H25N3/c16-9-11-17-12-13-6-2-1-5-10-18(13)15-8-4-3-7-14(15)17/h3-4,7,13,15H,1-2,5-6,8-12,16H2. The molecule has 2 atom stereocenters. The number of piperazine rings is 1. The molecule has 2 N–H and O–H groups in total. The highest BCUT2D eigenvalue weighted by atomic mass is 15.3. The Balaban J connectivity index is 1.84. The van der Waals surface area contributed by atoms with Gasteiger partial charge in [-0.1, -0.05) is 25.0 Å². The normalized spacial score (nSPS) is 32.5. The fraction of sp³-hybridized carbons (Fsp3) is 0.733. The molecule has 2 fully saturated rings. The van der Waals surface area contributed by atoms with Crippen LogP contribution in [0.2, 0.25) is 0 Å². The van der Waals surface area contributed by atoms with Gasteiger partial charge in [-0.05, 0) is 31.9 Å². The van der Waals surface area contributed by atoms with Crippen molar-refractivity contribution in [2.24, 2.45) is 5.73 Å². The van der Waals surface area contributed by atoms with Gasteiger partial charge in [0.05, 0.1) is 6.04 Å². The Labute approximate surface area is 110 Å². The van der Waals surface area contributed by atoms with Gasteiger partial charge in [-0.25, -0.2) is 0 Å². The van der Waals surface area contributed by atoms with Gasteiger partial charge in [-0.3, -0.25) is 4.90 Å². The zero-order chi connectivity index (χ0) is 12.4. The number of hydrogen-bond acceptors (Lipinski definition) is 3. The van der Waals surface area contributed by atoms with Crippen molar-refractivity contribution in [1.82, 2.24) is 9.80 Å². The first kappa shape index (κ1) is 12.2. The predicted octanol–water partition coefficient (Wildman–Crippen LogP) is 1.72. The van der Waals surface area contributed by atoms with Crippen LogP contribution in [0.15, 0.2) is 23.9 Å². The van der Waals surface area contributed by atoms with E-state index in [1.165, 1.54) is 50.9 Å². The summed E-state index contributed by atoms with van der Waals surface area (Å²) in [6, 6.07) is 1.38. The largest absolute Gasteiger partial charge is 0.371 e. The van der Waals surface area contributed by atoms with E-state index < -0.39 is 0 Å². The van der Waals surface area contributed by atoms with Crippen LogP contribution in [0, 0.1) is 0 Å². The molecule has 0 bridgehead atoms. The van der Waals surface area contributed by atoms with E-state index in [2.05, 4.69) is 28.0 Å². The molecule has 3 nitrogen and oxygen atoms in total. The minimum atomic E-state index is 0.624. The number of nitrogens with zero attached hydrogens (tertiary/aromatic N) is 2. The van der Waals surface area contributed by atoms with Gasteiger partial charge in [0.1, 0.15) is 0 Å². The van der Waals surface area contributed by atoms with Crippen LogP contribution >= 0.6 is 0 Å². The Morgan fingerprint density at radius 1 is 1.28 bits per heavy atom. The quantitative estimate of drug-likeness (QED) is 0.806. The molecule has 0 saturated carbocycles. The first-order valence-corrected chi connectivity index (χ1v) is 7.47. The molecule has 0 amide bonds. The summed E-state index contributed by atoms with van der Waals surface area (Å²) < 4.78 is 0. The summed E-state index contributed by atoms with van der Waals surface area (Å²) in [6.07, 6.45) is 13.6. The molecular weight excluding hydrogens is 222 g/mol. The van der Waals surface area contributed by atoms with Crippen LogP contribution in [-0.4, -0.2) is 48.1 Å². The molecule has 2 heterocycles. The number of rotatable bonds is 2. The van der Waals surface area contributed by atoms with Gasteiger partial charge < -0.3 is 10.6 Å². The molecule has 3 heteroatoms. The Bertz CT molecular complexity index is 348. The lowest BCUT2D eigenvalue weighted by atomic mass is 9.94. The Morgan fingerprint density at radius 2 is 2.22 bits per heavy atom. The van der Waals surface area contributed by atoms with E-state index in [1.807, 2.05) is 0 Å². The van der Waals surface area contributed by atoms with Crippen LogP contribution in [0.4, 0.5) is 0 Å². The van der Waals surface area contributed by atoms with Gasteiger partial charge in [0, 0.05) is 31.4 Å². The van der Waals surface area contributed by atoms with Gasteiger partial charge in [0.25, 0.3) is 0 Å². The number of allylic oxidation sites excluding steroid dienone is 2. The van der Waals surface area contributed by atoms with Crippen molar-refractivity contribution in [1.29, 1.82) is 0 Å². The summed E-state index contributed by atoms with van der Waals surface area (Å²) in [5.74, 6) is 0. The van der Waals surface area contributed by atoms with Crippen LogP contribution in [0.25, 0.3) is 0 Å². The van der Waals surface area contributed by atoms with Gasteiger partial charge in [-0.15, -0.1) is 0 Å². The first-order valence-electron chi connectivity index (χ1n) is 7.47. The van der Waals surface area contributed by atoms with Crippen molar-refractivity contribution in [3.8, 4) is 0 Å². The number of nitrogens with two attached hydrogens (primary N) is 1. The van der Waals surface area contributed by atoms with Crippen LogP contribution in [-0.2, 0) is 0 Å². The van der Waals surface area contributed by atoms with Crippen molar-refractivity contribution in [3.05, 3.63) is 23.9 Å². The van der Waals surface area contributed by atoms with Crippen molar-refractivity contribution in [2.45, 2.75) is 44.2 Å². The van der Waals surface area contributed by atoms with E-state index >= 15 is 0 Å². The smallest absolute Gasteiger partial charge is 0.0535 e. The average Bonchev–Trinajstić information content (AvgIpc) is 2.64. The molecule has 3 aliphatic rings. The van der Waals surface area contributed by atoms with Crippen LogP contribution < -0.4 is 5.73 Å². The zero-order valence-electron chi connectivity index (χ0n) is 11.2. The minimum absolute atomic E-state index is 0.624. The molecule has 100 valence electrons. The zero-order valence-corrected chi connectivity index (χ0v) is 11.2. The highest BCUT2D eigenvalue weighted by Gasteiger charge is 2.37. The van der Waals surface area contributed by atoms with Crippen molar-refractivity contribution >= 4 is 0 Å². The maximum atomic E-state index is 5.78. The fourth-order valence-electron chi connectivity index (χ4n) is 3.77. The van der Waals surface area contributed by atoms with Gasteiger partial charge in [0.15, 0.2) is 0 Å². The summed E-state index contributed by atoms with van der Waals surface area (Å²) in [6.45, 7) is 4.26. The monoisotopic (exact) mass is 247 g/mol. The van der Waals surface area contributed by atoms with Crippen molar-refractivity contribution in [3.63, 3.8) is 0 Å². The van der Waals surface area contributed by atoms with E-state index in [9.17, 15) is 0 Å². The molecule has 2 unspecified atom stereocenters. The van der Waals surface area contributed by atoms with Gasteiger partial charge >= 0.3 is 0 Å². The van der Waals surface area contributed by atoms with Gasteiger partial charge in [0.2, 0.25) is 0 Å². The summed E-state index contributed by atoms with van der Waals surface area (Å²) in [5.41, 5.74) is 7.29. The van der Waals surface area contributed by atoms with E-state index in [1.54, 1.807) is 0 Å². The van der Waals surface area contributed by atoms with E-state index in [0.29, 0.717) is 6.04 Å². The third-order valence-electron chi connectivity index (χ3n) is 4.62. The second kappa shape index (κ2) is 5.45. The summed E-state index contributed by atoms with van der Waals surface area (Å²) in [7, 11) is 0. The Hall–Kier alpha value is -0.800. The lowest BCUT2D eigenvalue weighted by molar-refractivity contribution is 0.0636. The molecule has 0 spiro atoms. The minimum Gasteiger partial charge on any atom is -0.371 e. The Kier molecular flexibility index (Phi) is 3.71. The molecule has 0 aromatic heterocycles. The van der Waals surface area contributed by atoms with Crippen LogP contribution in [0.3, 0.4) is 0 Å². The third-order valence-corrected chi connectivity index (χ3v) is 4.62. The SMILES string of the molecule is NCCN1CC2CCCCCN2C2CC=CC=C21. The second-order valence-electron chi connectivity index (χ2n) is 5.75. The summed E-state index contributed by atoms with van der Waals surface area (Å²) in [4.78, 5) is 5.32. The number of hydrogen-bond donors (Lipinski definition) is 1. The third kappa shape index (κ3) is 2.21. The molecular formula is C15H25N3. The fourth-order valence-corrected chi connectivity index (χ4v) is 3.77. The number of fused-ring (bicyclic) bond motifs is 3. The molecule has 2 aliphatic heterocycles. The lowest BCUT2D eigenvalue weighted by Gasteiger charge is -2.49. The summed E-state index contributed by atoms with van der Waals surface area (Å²) >= 11 is 0. The van der Waals surface area contributed by atoms with E-state index in [4.69, 9.17) is 5.73 Å². The second-order valence-corrected chi connectivity index (χ2v) is 5.75. The maximum Gasteiger partial charge on any atom is 0.0535 e. The van der Waals surface area contributed by atoms with Gasteiger partial charge in [-0.2, -0.15) is 0 Å². The Morgan fingerprint density at radius 3 is 3.11 bits per heavy atom. The lowest BCUT2D eigenvalue weighted by Crippen LogP contribution is -2.57. The van der Waals surface area contributed by atoms with E-state index in [0.717, 1.165) is 19.1 Å². The molecule has 2 saturated heterocycles. The van der Waals surface area contributed by atoms with E-state index in [-0.39, 0.29) is 0 Å². The highest BCUT2D eigenvalue weighted by Crippen LogP contribution is 2.33. The topological polar surface area (TPSA) is 32.5 Å². The molecule has 0 radical (unpaired) electrons. The highest BCUT2D eigenvalue weighted by molar-refractivity contribution is 5.26. The first-order chi connectivity index (χ1) is 8.90. The van der Waals surface area contributed by atoms with Crippen molar-refractivity contribution < 1.29 is 0 Å².